The smallest absolute Gasteiger partial charge is 0.313 e. The number of ketones is 3. The lowest BCUT2D eigenvalue weighted by atomic mass is 9.53. The summed E-state index contributed by atoms with van der Waals surface area (Å²) < 4.78 is 19.1. The summed E-state index contributed by atoms with van der Waals surface area (Å²) in [6.07, 6.45) is 6.79. The predicted molar refractivity (Wildman–Crippen MR) is 188 cm³/mol. The molecule has 8 nitrogen and oxygen atoms in total. The van der Waals surface area contributed by atoms with E-state index in [1.54, 1.807) is 0 Å². The molecule has 3 heterocycles. The average molecular weight is 683 g/mol. The van der Waals surface area contributed by atoms with Gasteiger partial charge in [-0.1, -0.05) is 63.3 Å². The summed E-state index contributed by atoms with van der Waals surface area (Å²) in [7, 11) is 1.34. The summed E-state index contributed by atoms with van der Waals surface area (Å²) in [6, 6.07) is 0. The molecule has 0 amide bonds. The van der Waals surface area contributed by atoms with Crippen LogP contribution in [-0.4, -0.2) is 65.0 Å². The third kappa shape index (κ3) is 7.04. The van der Waals surface area contributed by atoms with Crippen molar-refractivity contribution in [3.63, 3.8) is 0 Å². The summed E-state index contributed by atoms with van der Waals surface area (Å²) >= 11 is 0. The van der Waals surface area contributed by atoms with E-state index in [1.165, 1.54) is 7.11 Å². The Bertz CT molecular complexity index is 1380. The Hall–Kier alpha value is -2.16. The van der Waals surface area contributed by atoms with Gasteiger partial charge in [0.25, 0.3) is 0 Å². The number of carbonyl (C=O) groups is 4. The molecule has 0 aromatic heterocycles. The lowest BCUT2D eigenvalue weighted by Gasteiger charge is -2.51. The van der Waals surface area contributed by atoms with Crippen molar-refractivity contribution in [1.29, 1.82) is 0 Å². The summed E-state index contributed by atoms with van der Waals surface area (Å²) in [5.41, 5.74) is -0.0540. The van der Waals surface area contributed by atoms with Crippen LogP contribution >= 0.6 is 0 Å². The highest BCUT2D eigenvalue weighted by atomic mass is 16.6. The van der Waals surface area contributed by atoms with Crippen LogP contribution in [0.4, 0.5) is 0 Å². The van der Waals surface area contributed by atoms with Crippen molar-refractivity contribution in [2.24, 2.45) is 40.9 Å². The molecule has 0 spiro atoms. The Labute approximate surface area is 294 Å². The normalized spacial score (nSPS) is 42.8. The Morgan fingerprint density at radius 1 is 0.918 bits per heavy atom. The molecule has 5 aliphatic rings. The second-order valence-corrected chi connectivity index (χ2v) is 17.4. The quantitative estimate of drug-likeness (QED) is 0.239. The van der Waals surface area contributed by atoms with Gasteiger partial charge in [0.15, 0.2) is 0 Å². The molecule has 2 saturated heterocycles. The van der Waals surface area contributed by atoms with Crippen molar-refractivity contribution in [1.82, 2.24) is 0 Å². The number of esters is 1. The molecule has 3 fully saturated rings. The van der Waals surface area contributed by atoms with E-state index < -0.39 is 46.4 Å². The molecule has 8 heteroatoms. The first-order valence-corrected chi connectivity index (χ1v) is 19.0. The van der Waals surface area contributed by atoms with E-state index in [1.807, 2.05) is 41.5 Å². The van der Waals surface area contributed by atoms with Crippen LogP contribution in [0.25, 0.3) is 0 Å². The van der Waals surface area contributed by atoms with Crippen molar-refractivity contribution in [2.45, 2.75) is 162 Å². The molecule has 4 bridgehead atoms. The summed E-state index contributed by atoms with van der Waals surface area (Å²) in [4.78, 5) is 57.4. The number of rotatable bonds is 2. The third-order valence-corrected chi connectivity index (χ3v) is 13.5. The number of hydrogen-bond acceptors (Lipinski definition) is 8. The van der Waals surface area contributed by atoms with Crippen molar-refractivity contribution in [3.05, 3.63) is 22.8 Å². The van der Waals surface area contributed by atoms with Gasteiger partial charge in [-0.15, -0.1) is 0 Å². The fourth-order valence-corrected chi connectivity index (χ4v) is 10.0. The number of fused-ring (bicyclic) bond motifs is 9. The number of aliphatic hydroxyl groups excluding tert-OH is 1. The SMILES string of the molecule is COC(=O)[C@]12CC(=O)[C@H](C(C)C)CC(=O)[C@H](C)CCC[C@H](C)CC(=O)[C@H]1CC(C)=C1C[C@H](O)[C@@]3(C)O[C@@H](CCC(C)=C[C@@H]12)[C@@]1(C)CC[C@@H]3O1. The van der Waals surface area contributed by atoms with Gasteiger partial charge in [0.05, 0.1) is 36.4 Å². The first-order chi connectivity index (χ1) is 23.0. The van der Waals surface area contributed by atoms with Crippen LogP contribution in [0.3, 0.4) is 0 Å². The molecule has 49 heavy (non-hydrogen) atoms. The molecule has 2 aliphatic carbocycles. The minimum Gasteiger partial charge on any atom is -0.469 e. The predicted octanol–water partition coefficient (Wildman–Crippen LogP) is 7.29. The molecule has 0 aromatic rings. The molecule has 3 aliphatic heterocycles. The molecular weight excluding hydrogens is 620 g/mol. The zero-order valence-corrected chi connectivity index (χ0v) is 31.6. The van der Waals surface area contributed by atoms with Crippen LogP contribution in [0.1, 0.15) is 132 Å². The average Bonchev–Trinajstić information content (AvgIpc) is 3.41. The lowest BCUT2D eigenvalue weighted by Crippen LogP contribution is -2.62. The molecule has 0 unspecified atom stereocenters. The Balaban J connectivity index is 1.70. The molecule has 5 rings (SSSR count). The monoisotopic (exact) mass is 682 g/mol. The summed E-state index contributed by atoms with van der Waals surface area (Å²) in [5.74, 6) is -2.92. The first-order valence-electron chi connectivity index (χ1n) is 19.0. The minimum atomic E-state index is -1.52. The van der Waals surface area contributed by atoms with Gasteiger partial charge in [-0.2, -0.15) is 0 Å². The maximum absolute atomic E-state index is 14.7. The Morgan fingerprint density at radius 2 is 1.63 bits per heavy atom. The van der Waals surface area contributed by atoms with E-state index in [-0.39, 0.29) is 66.6 Å². The van der Waals surface area contributed by atoms with Crippen molar-refractivity contribution in [3.8, 4) is 0 Å². The van der Waals surface area contributed by atoms with Crippen LogP contribution in [0, 0.1) is 40.9 Å². The van der Waals surface area contributed by atoms with Crippen LogP contribution < -0.4 is 0 Å². The summed E-state index contributed by atoms with van der Waals surface area (Å²) in [6.45, 7) is 16.0. The van der Waals surface area contributed by atoms with E-state index in [2.05, 4.69) is 19.9 Å². The Morgan fingerprint density at radius 3 is 2.31 bits per heavy atom. The second kappa shape index (κ2) is 14.5. The van der Waals surface area contributed by atoms with E-state index in [9.17, 15) is 24.3 Å². The lowest BCUT2D eigenvalue weighted by molar-refractivity contribution is -0.296. The van der Waals surface area contributed by atoms with Crippen LogP contribution in [0.2, 0.25) is 0 Å². The highest BCUT2D eigenvalue weighted by Gasteiger charge is 2.62. The Kier molecular flexibility index (Phi) is 11.2. The minimum absolute atomic E-state index is 0.0166. The van der Waals surface area contributed by atoms with Crippen LogP contribution in [0.15, 0.2) is 22.8 Å². The number of aliphatic hydroxyl groups is 1. The van der Waals surface area contributed by atoms with E-state index in [0.29, 0.717) is 25.7 Å². The van der Waals surface area contributed by atoms with Crippen LogP contribution in [0.5, 0.6) is 0 Å². The first kappa shape index (κ1) is 38.1. The van der Waals surface area contributed by atoms with E-state index in [4.69, 9.17) is 14.2 Å². The topological polar surface area (TPSA) is 116 Å². The third-order valence-electron chi connectivity index (χ3n) is 13.5. The standard InChI is InChI=1S/C41H62O8/c1-23(2)28-20-32(42)26(5)12-10-11-24(3)18-33(43)31-19-27(6)29-21-35(45)40(8)37-15-16-39(7,48-37)36(49-40)14-13-25(4)17-30(29)41(31,22-34(28)44)38(46)47-9/h17,23-24,26,28,30-31,35-37,45H,10-16,18-22H2,1-9H3/t24-,26+,28-,30-,31+,35-,36-,37-,39+,40+,41-/m0/s1. The molecule has 0 aromatic carbocycles. The molecule has 1 N–H and O–H groups in total. The number of carbonyl (C=O) groups excluding carboxylic acids is 4. The maximum Gasteiger partial charge on any atom is 0.313 e. The van der Waals surface area contributed by atoms with Gasteiger partial charge in [-0.05, 0) is 84.5 Å². The second-order valence-electron chi connectivity index (χ2n) is 17.4. The van der Waals surface area contributed by atoms with Gasteiger partial charge in [0, 0.05) is 42.9 Å². The zero-order valence-electron chi connectivity index (χ0n) is 31.6. The molecular formula is C41H62O8. The van der Waals surface area contributed by atoms with Crippen molar-refractivity contribution in [2.75, 3.05) is 7.11 Å². The van der Waals surface area contributed by atoms with Gasteiger partial charge < -0.3 is 19.3 Å². The maximum atomic E-state index is 14.7. The number of ether oxygens (including phenoxy) is 3. The van der Waals surface area contributed by atoms with Gasteiger partial charge in [-0.25, -0.2) is 0 Å². The van der Waals surface area contributed by atoms with Gasteiger partial charge >= 0.3 is 5.97 Å². The van der Waals surface area contributed by atoms with Gasteiger partial charge in [0.2, 0.25) is 0 Å². The fourth-order valence-electron chi connectivity index (χ4n) is 10.0. The van der Waals surface area contributed by atoms with Crippen LogP contribution in [-0.2, 0) is 33.4 Å². The number of Topliss-reactive ketones (excluding diaryl/α,β-unsaturated/α-hetero) is 3. The number of methoxy groups -OCH3 is 1. The van der Waals surface area contributed by atoms with Crippen molar-refractivity contribution < 1.29 is 38.5 Å². The fraction of sp³-hybridized carbons (Fsp3) is 0.805. The van der Waals surface area contributed by atoms with Gasteiger partial charge in [-0.3, -0.25) is 19.2 Å². The largest absolute Gasteiger partial charge is 0.469 e. The molecule has 1 saturated carbocycles. The highest BCUT2D eigenvalue weighted by Crippen LogP contribution is 2.57. The summed E-state index contributed by atoms with van der Waals surface area (Å²) in [5, 5.41) is 12.2. The van der Waals surface area contributed by atoms with Crippen molar-refractivity contribution >= 4 is 23.3 Å². The number of hydrogen-bond donors (Lipinski definition) is 1. The van der Waals surface area contributed by atoms with E-state index >= 15 is 0 Å². The van der Waals surface area contributed by atoms with Gasteiger partial charge in [0.1, 0.15) is 23.0 Å². The van der Waals surface area contributed by atoms with E-state index in [0.717, 1.165) is 48.8 Å². The zero-order chi connectivity index (χ0) is 36.1. The molecule has 0 radical (unpaired) electrons. The highest BCUT2D eigenvalue weighted by molar-refractivity contribution is 5.97. The molecule has 11 atom stereocenters. The number of allylic oxidation sites excluding steroid dienone is 3. The molecule has 274 valence electrons.